The van der Waals surface area contributed by atoms with Gasteiger partial charge in [0.25, 0.3) is 0 Å². The van der Waals surface area contributed by atoms with Gasteiger partial charge < -0.3 is 0 Å². The van der Waals surface area contributed by atoms with E-state index >= 15 is 0 Å². The molecule has 0 atom stereocenters. The molecular formula is C20H28Ni. The Morgan fingerprint density at radius 3 is 0.857 bits per heavy atom. The Morgan fingerprint density at radius 2 is 0.714 bits per heavy atom. The predicted molar refractivity (Wildman–Crippen MR) is 90.3 cm³/mol. The largest absolute Gasteiger partial charge is 0.0622 e. The van der Waals surface area contributed by atoms with E-state index in [0.717, 1.165) is 0 Å². The molecule has 0 bridgehead atoms. The Hall–Kier alpha value is -1.07. The molecule has 1 heteroatoms. The van der Waals surface area contributed by atoms with Crippen LogP contribution in [0.15, 0.2) is 60.7 Å². The summed E-state index contributed by atoms with van der Waals surface area (Å²) in [5, 5.41) is 0. The molecule has 0 heterocycles. The van der Waals surface area contributed by atoms with E-state index in [2.05, 4.69) is 102 Å². The quantitative estimate of drug-likeness (QED) is 0.523. The third-order valence-corrected chi connectivity index (χ3v) is 3.28. The van der Waals surface area contributed by atoms with E-state index < -0.39 is 0 Å². The molecule has 0 nitrogen and oxygen atoms in total. The molecule has 0 spiro atoms. The minimum atomic E-state index is 0. The van der Waals surface area contributed by atoms with E-state index in [1.54, 1.807) is 0 Å². The fourth-order valence-corrected chi connectivity index (χ4v) is 1.88. The summed E-state index contributed by atoms with van der Waals surface area (Å²) in [6.07, 6.45) is 0. The van der Waals surface area contributed by atoms with Gasteiger partial charge >= 0.3 is 0 Å². The van der Waals surface area contributed by atoms with E-state index in [1.165, 1.54) is 11.1 Å². The third-order valence-electron chi connectivity index (χ3n) is 3.28. The Bertz CT molecular complexity index is 437. The van der Waals surface area contributed by atoms with Crippen LogP contribution < -0.4 is 0 Å². The van der Waals surface area contributed by atoms with Gasteiger partial charge in [-0.05, 0) is 22.0 Å². The van der Waals surface area contributed by atoms with Gasteiger partial charge in [0, 0.05) is 16.5 Å². The van der Waals surface area contributed by atoms with Crippen molar-refractivity contribution < 1.29 is 16.5 Å². The number of hydrogen-bond acceptors (Lipinski definition) is 0. The van der Waals surface area contributed by atoms with Gasteiger partial charge in [0.05, 0.1) is 0 Å². The van der Waals surface area contributed by atoms with Gasteiger partial charge in [-0.3, -0.25) is 0 Å². The minimum absolute atomic E-state index is 0. The van der Waals surface area contributed by atoms with Crippen LogP contribution in [0.3, 0.4) is 0 Å². The summed E-state index contributed by atoms with van der Waals surface area (Å²) in [5.41, 5.74) is 3.38. The molecule has 0 unspecified atom stereocenters. The van der Waals surface area contributed by atoms with Crippen molar-refractivity contribution in [3.8, 4) is 0 Å². The first kappa shape index (κ1) is 19.9. The molecule has 2 aromatic rings. The molecule has 21 heavy (non-hydrogen) atoms. The van der Waals surface area contributed by atoms with Gasteiger partial charge in [-0.2, -0.15) is 0 Å². The van der Waals surface area contributed by atoms with Crippen LogP contribution in [0.25, 0.3) is 0 Å². The van der Waals surface area contributed by atoms with E-state index in [1.807, 2.05) is 0 Å². The van der Waals surface area contributed by atoms with Crippen molar-refractivity contribution in [2.45, 2.75) is 52.4 Å². The molecule has 0 aromatic heterocycles. The molecule has 0 saturated heterocycles. The minimum Gasteiger partial charge on any atom is -0.0622 e. The average molecular weight is 327 g/mol. The second kappa shape index (κ2) is 8.39. The van der Waals surface area contributed by atoms with Crippen molar-refractivity contribution in [1.82, 2.24) is 0 Å². The maximum atomic E-state index is 2.22. The van der Waals surface area contributed by atoms with E-state index in [9.17, 15) is 0 Å². The van der Waals surface area contributed by atoms with Crippen LogP contribution in [0.2, 0.25) is 0 Å². The fourth-order valence-electron chi connectivity index (χ4n) is 1.88. The summed E-state index contributed by atoms with van der Waals surface area (Å²) >= 11 is 0. The van der Waals surface area contributed by atoms with Gasteiger partial charge in [0.1, 0.15) is 0 Å². The molecular weight excluding hydrogens is 299 g/mol. The fraction of sp³-hybridized carbons (Fsp3) is 0.400. The van der Waals surface area contributed by atoms with E-state index in [4.69, 9.17) is 0 Å². The molecule has 0 aliphatic heterocycles. The summed E-state index contributed by atoms with van der Waals surface area (Å²) < 4.78 is 0. The smallest absolute Gasteiger partial charge is 0 e. The van der Waals surface area contributed by atoms with E-state index in [-0.39, 0.29) is 16.5 Å². The zero-order valence-electron chi connectivity index (χ0n) is 14.1. The molecule has 0 radical (unpaired) electrons. The SMILES string of the molecule is CC(C)(C)c1ccccc1.CC(C)(C)c1ccccc1.[Ni]. The topological polar surface area (TPSA) is 0 Å². The molecule has 0 fully saturated rings. The van der Waals surface area contributed by atoms with Crippen molar-refractivity contribution in [3.63, 3.8) is 0 Å². The van der Waals surface area contributed by atoms with Crippen LogP contribution in [0.1, 0.15) is 52.7 Å². The molecule has 118 valence electrons. The number of hydrogen-bond donors (Lipinski definition) is 0. The first-order valence-corrected chi connectivity index (χ1v) is 7.32. The van der Waals surface area contributed by atoms with Crippen LogP contribution in [0.5, 0.6) is 0 Å². The van der Waals surface area contributed by atoms with Gasteiger partial charge in [0.2, 0.25) is 0 Å². The van der Waals surface area contributed by atoms with Crippen molar-refractivity contribution in [1.29, 1.82) is 0 Å². The molecule has 2 aromatic carbocycles. The summed E-state index contributed by atoms with van der Waals surface area (Å²) in [5.74, 6) is 0. The van der Waals surface area contributed by atoms with Crippen molar-refractivity contribution in [3.05, 3.63) is 71.8 Å². The van der Waals surface area contributed by atoms with Crippen molar-refractivity contribution in [2.24, 2.45) is 0 Å². The third kappa shape index (κ3) is 7.48. The van der Waals surface area contributed by atoms with Crippen LogP contribution in [-0.4, -0.2) is 0 Å². The summed E-state index contributed by atoms with van der Waals surface area (Å²) in [6.45, 7) is 13.3. The summed E-state index contributed by atoms with van der Waals surface area (Å²) in [6, 6.07) is 21.1. The standard InChI is InChI=1S/2C10H14.Ni/c2*1-10(2,3)9-7-5-4-6-8-9;/h2*4-8H,1-3H3;. The monoisotopic (exact) mass is 326 g/mol. The van der Waals surface area contributed by atoms with Crippen LogP contribution in [0, 0.1) is 0 Å². The van der Waals surface area contributed by atoms with Crippen molar-refractivity contribution >= 4 is 0 Å². The van der Waals surface area contributed by atoms with Crippen LogP contribution >= 0.6 is 0 Å². The summed E-state index contributed by atoms with van der Waals surface area (Å²) in [4.78, 5) is 0. The maximum absolute atomic E-state index is 2.22. The summed E-state index contributed by atoms with van der Waals surface area (Å²) in [7, 11) is 0. The Kier molecular flexibility index (Phi) is 7.97. The second-order valence-corrected chi connectivity index (χ2v) is 7.23. The van der Waals surface area contributed by atoms with E-state index in [0.29, 0.717) is 10.8 Å². The molecule has 0 aliphatic carbocycles. The van der Waals surface area contributed by atoms with Gasteiger partial charge in [0.15, 0.2) is 0 Å². The first-order valence-electron chi connectivity index (χ1n) is 7.32. The molecule has 0 aliphatic rings. The zero-order valence-corrected chi connectivity index (χ0v) is 15.1. The van der Waals surface area contributed by atoms with Crippen LogP contribution in [-0.2, 0) is 27.3 Å². The van der Waals surface area contributed by atoms with Gasteiger partial charge in [-0.25, -0.2) is 0 Å². The molecule has 0 amide bonds. The van der Waals surface area contributed by atoms with Gasteiger partial charge in [-0.1, -0.05) is 102 Å². The number of rotatable bonds is 0. The number of benzene rings is 2. The maximum Gasteiger partial charge on any atom is 0 e. The molecule has 0 N–H and O–H groups in total. The molecule has 2 rings (SSSR count). The average Bonchev–Trinajstić information content (AvgIpc) is 2.40. The van der Waals surface area contributed by atoms with Crippen LogP contribution in [0.4, 0.5) is 0 Å². The molecule has 0 saturated carbocycles. The van der Waals surface area contributed by atoms with Gasteiger partial charge in [-0.15, -0.1) is 0 Å². The Labute approximate surface area is 140 Å². The second-order valence-electron chi connectivity index (χ2n) is 7.23. The Morgan fingerprint density at radius 1 is 0.476 bits per heavy atom. The van der Waals surface area contributed by atoms with Crippen molar-refractivity contribution in [2.75, 3.05) is 0 Å². The first-order chi connectivity index (χ1) is 9.21. The normalized spacial score (nSPS) is 11.0. The zero-order chi connectivity index (χ0) is 15.2. The predicted octanol–water partition coefficient (Wildman–Crippen LogP) is 5.97. The Balaban J connectivity index is 0.000000364.